The lowest BCUT2D eigenvalue weighted by Gasteiger charge is -2.22. The standard InChI is InChI=1S/C26H26N4O4/c1-33-19-4-2-3-15(11-19)16-12-21-20-6-5-17(29-26(32)34-18-7-9-28-10-8-18)14-23(20)30-24(21)22(13-16)25(27)31/h2-6,11-14,18,28,30H,7-10H2,1H3,(H2,27,31)(H,29,32). The number of nitrogens with one attached hydrogen (secondary N) is 3. The number of benzene rings is 3. The van der Waals surface area contributed by atoms with Crippen LogP contribution in [0.1, 0.15) is 23.2 Å². The van der Waals surface area contributed by atoms with Gasteiger partial charge >= 0.3 is 6.09 Å². The number of nitrogens with two attached hydrogens (primary N) is 1. The summed E-state index contributed by atoms with van der Waals surface area (Å²) < 4.78 is 10.9. The maximum Gasteiger partial charge on any atom is 0.411 e. The molecule has 8 nitrogen and oxygen atoms in total. The lowest BCUT2D eigenvalue weighted by atomic mass is 9.98. The topological polar surface area (TPSA) is 118 Å². The van der Waals surface area contributed by atoms with Crippen molar-refractivity contribution >= 4 is 39.5 Å². The maximum absolute atomic E-state index is 12.4. The quantitative estimate of drug-likeness (QED) is 0.354. The molecule has 5 N–H and O–H groups in total. The molecule has 0 atom stereocenters. The highest BCUT2D eigenvalue weighted by Crippen LogP contribution is 2.34. The van der Waals surface area contributed by atoms with Crippen molar-refractivity contribution in [3.63, 3.8) is 0 Å². The highest BCUT2D eigenvalue weighted by molar-refractivity contribution is 6.16. The summed E-state index contributed by atoms with van der Waals surface area (Å²) in [5.74, 6) is 0.203. The number of aromatic nitrogens is 1. The normalized spacial score (nSPS) is 14.3. The zero-order valence-electron chi connectivity index (χ0n) is 18.8. The first kappa shape index (κ1) is 21.8. The molecule has 8 heteroatoms. The first-order valence-corrected chi connectivity index (χ1v) is 11.2. The largest absolute Gasteiger partial charge is 0.497 e. The van der Waals surface area contributed by atoms with E-state index >= 15 is 0 Å². The Kier molecular flexibility index (Phi) is 5.81. The Bertz CT molecular complexity index is 1390. The second-order valence-corrected chi connectivity index (χ2v) is 8.41. The minimum atomic E-state index is -0.523. The predicted molar refractivity (Wildman–Crippen MR) is 132 cm³/mol. The van der Waals surface area contributed by atoms with Crippen LogP contribution < -0.4 is 21.1 Å². The Labute approximate surface area is 196 Å². The molecule has 1 aromatic heterocycles. The molecular weight excluding hydrogens is 432 g/mol. The van der Waals surface area contributed by atoms with Crippen LogP contribution in [-0.2, 0) is 4.74 Å². The van der Waals surface area contributed by atoms with E-state index in [9.17, 15) is 9.59 Å². The predicted octanol–water partition coefficient (Wildman–Crippen LogP) is 4.40. The van der Waals surface area contributed by atoms with Crippen LogP contribution in [0.25, 0.3) is 32.9 Å². The number of amides is 2. The van der Waals surface area contributed by atoms with E-state index < -0.39 is 12.0 Å². The number of carbonyl (C=O) groups is 2. The van der Waals surface area contributed by atoms with Crippen molar-refractivity contribution in [2.24, 2.45) is 5.73 Å². The maximum atomic E-state index is 12.4. The van der Waals surface area contributed by atoms with Gasteiger partial charge in [-0.2, -0.15) is 0 Å². The molecule has 5 rings (SSSR count). The Balaban J connectivity index is 1.50. The average Bonchev–Trinajstić information content (AvgIpc) is 3.21. The van der Waals surface area contributed by atoms with E-state index in [1.165, 1.54) is 0 Å². The number of methoxy groups -OCH3 is 1. The van der Waals surface area contributed by atoms with Crippen molar-refractivity contribution in [3.05, 3.63) is 60.2 Å². The number of rotatable bonds is 5. The first-order chi connectivity index (χ1) is 16.5. The molecule has 1 aliphatic rings. The fourth-order valence-corrected chi connectivity index (χ4v) is 4.46. The number of ether oxygens (including phenoxy) is 2. The molecule has 0 bridgehead atoms. The van der Waals surface area contributed by atoms with Crippen LogP contribution in [0, 0.1) is 0 Å². The van der Waals surface area contributed by atoms with Crippen LogP contribution >= 0.6 is 0 Å². The zero-order valence-corrected chi connectivity index (χ0v) is 18.8. The van der Waals surface area contributed by atoms with Crippen molar-refractivity contribution in [3.8, 4) is 16.9 Å². The van der Waals surface area contributed by atoms with Gasteiger partial charge in [-0.05, 0) is 73.5 Å². The third-order valence-electron chi connectivity index (χ3n) is 6.18. The van der Waals surface area contributed by atoms with Crippen molar-refractivity contribution in [1.82, 2.24) is 10.3 Å². The SMILES string of the molecule is COc1cccc(-c2cc(C(N)=O)c3[nH]c4cc(NC(=O)OC5CCNCC5)ccc4c3c2)c1. The molecule has 174 valence electrons. The van der Waals surface area contributed by atoms with E-state index in [-0.39, 0.29) is 6.10 Å². The molecule has 1 fully saturated rings. The number of fused-ring (bicyclic) bond motifs is 3. The molecule has 2 heterocycles. The lowest BCUT2D eigenvalue weighted by molar-refractivity contribution is 0.0908. The van der Waals surface area contributed by atoms with Gasteiger partial charge in [-0.3, -0.25) is 10.1 Å². The zero-order chi connectivity index (χ0) is 23.7. The summed E-state index contributed by atoms with van der Waals surface area (Å²) in [6.45, 7) is 1.69. The van der Waals surface area contributed by atoms with E-state index in [1.807, 2.05) is 48.5 Å². The van der Waals surface area contributed by atoms with Crippen LogP contribution in [0.15, 0.2) is 54.6 Å². The van der Waals surface area contributed by atoms with Crippen molar-refractivity contribution < 1.29 is 19.1 Å². The van der Waals surface area contributed by atoms with Crippen LogP contribution in [0.2, 0.25) is 0 Å². The number of H-pyrrole nitrogens is 1. The highest BCUT2D eigenvalue weighted by atomic mass is 16.6. The van der Waals surface area contributed by atoms with Crippen molar-refractivity contribution in [1.29, 1.82) is 0 Å². The molecule has 34 heavy (non-hydrogen) atoms. The third-order valence-corrected chi connectivity index (χ3v) is 6.18. The molecule has 0 aliphatic carbocycles. The second kappa shape index (κ2) is 9.07. The number of anilines is 1. The van der Waals surface area contributed by atoms with Gasteiger partial charge in [0, 0.05) is 22.0 Å². The molecule has 0 radical (unpaired) electrons. The number of piperidine rings is 1. The van der Waals surface area contributed by atoms with Gasteiger partial charge in [0.15, 0.2) is 0 Å². The Morgan fingerprint density at radius 2 is 1.82 bits per heavy atom. The summed E-state index contributed by atoms with van der Waals surface area (Å²) in [4.78, 5) is 27.9. The third kappa shape index (κ3) is 4.27. The van der Waals surface area contributed by atoms with Crippen LogP contribution in [0.3, 0.4) is 0 Å². The molecule has 3 aromatic carbocycles. The highest BCUT2D eigenvalue weighted by Gasteiger charge is 2.19. The molecule has 0 unspecified atom stereocenters. The van der Waals surface area contributed by atoms with Gasteiger partial charge in [-0.25, -0.2) is 4.79 Å². The fourth-order valence-electron chi connectivity index (χ4n) is 4.46. The van der Waals surface area contributed by atoms with E-state index in [0.29, 0.717) is 16.8 Å². The van der Waals surface area contributed by atoms with Gasteiger partial charge in [-0.1, -0.05) is 18.2 Å². The van der Waals surface area contributed by atoms with E-state index in [4.69, 9.17) is 15.2 Å². The minimum Gasteiger partial charge on any atom is -0.497 e. The van der Waals surface area contributed by atoms with Gasteiger partial charge in [0.2, 0.25) is 0 Å². The first-order valence-electron chi connectivity index (χ1n) is 11.2. The molecule has 0 saturated carbocycles. The Morgan fingerprint density at radius 1 is 1.00 bits per heavy atom. The van der Waals surface area contributed by atoms with E-state index in [0.717, 1.165) is 59.1 Å². The molecule has 1 aliphatic heterocycles. The lowest BCUT2D eigenvalue weighted by Crippen LogP contribution is -2.34. The molecule has 2 amide bonds. The summed E-state index contributed by atoms with van der Waals surface area (Å²) in [6.07, 6.45) is 1.06. The van der Waals surface area contributed by atoms with Gasteiger partial charge in [0.25, 0.3) is 5.91 Å². The molecule has 1 saturated heterocycles. The summed E-state index contributed by atoms with van der Waals surface area (Å²) in [6, 6.07) is 17.0. The van der Waals surface area contributed by atoms with E-state index in [2.05, 4.69) is 15.6 Å². The number of aromatic amines is 1. The number of primary amides is 1. The van der Waals surface area contributed by atoms with Gasteiger partial charge in [0.05, 0.1) is 18.2 Å². The second-order valence-electron chi connectivity index (χ2n) is 8.41. The molecule has 4 aromatic rings. The van der Waals surface area contributed by atoms with Crippen LogP contribution in [0.5, 0.6) is 5.75 Å². The molecule has 0 spiro atoms. The van der Waals surface area contributed by atoms with Gasteiger partial charge < -0.3 is 25.5 Å². The number of hydrogen-bond acceptors (Lipinski definition) is 5. The number of hydrogen-bond donors (Lipinski definition) is 4. The number of carbonyl (C=O) groups excluding carboxylic acids is 2. The monoisotopic (exact) mass is 458 g/mol. The summed E-state index contributed by atoms with van der Waals surface area (Å²) in [7, 11) is 1.62. The van der Waals surface area contributed by atoms with Crippen LogP contribution in [-0.4, -0.2) is 43.3 Å². The average molecular weight is 459 g/mol. The summed E-state index contributed by atoms with van der Waals surface area (Å²) in [5.41, 5.74) is 9.93. The summed E-state index contributed by atoms with van der Waals surface area (Å²) >= 11 is 0. The Hall–Kier alpha value is -4.04. The van der Waals surface area contributed by atoms with Gasteiger partial charge in [0.1, 0.15) is 11.9 Å². The van der Waals surface area contributed by atoms with Crippen molar-refractivity contribution in [2.45, 2.75) is 18.9 Å². The van der Waals surface area contributed by atoms with Crippen LogP contribution in [0.4, 0.5) is 10.5 Å². The fraction of sp³-hybridized carbons (Fsp3) is 0.231. The van der Waals surface area contributed by atoms with Crippen molar-refractivity contribution in [2.75, 3.05) is 25.5 Å². The smallest absolute Gasteiger partial charge is 0.411 e. The summed E-state index contributed by atoms with van der Waals surface area (Å²) in [5, 5.41) is 7.84. The molecular formula is C26H26N4O4. The Morgan fingerprint density at radius 3 is 2.59 bits per heavy atom. The van der Waals surface area contributed by atoms with Gasteiger partial charge in [-0.15, -0.1) is 0 Å². The van der Waals surface area contributed by atoms with E-state index in [1.54, 1.807) is 13.2 Å². The minimum absolute atomic E-state index is 0.0776.